The van der Waals surface area contributed by atoms with Crippen molar-refractivity contribution in [3.63, 3.8) is 0 Å². The fraction of sp³-hybridized carbons (Fsp3) is 0.900. The Labute approximate surface area is 96.7 Å². The highest BCUT2D eigenvalue weighted by molar-refractivity contribution is 7.55. The maximum atomic E-state index is 12.2. The van der Waals surface area contributed by atoms with Gasteiger partial charge in [0.2, 0.25) is 0 Å². The largest absolute Gasteiger partial charge is 0.481 e. The summed E-state index contributed by atoms with van der Waals surface area (Å²) in [5.41, 5.74) is -1.05. The summed E-state index contributed by atoms with van der Waals surface area (Å²) in [7, 11) is -3.51. The maximum Gasteiger partial charge on any atom is 0.344 e. The quantitative estimate of drug-likeness (QED) is 0.639. The van der Waals surface area contributed by atoms with Crippen LogP contribution in [0.5, 0.6) is 0 Å². The smallest absolute Gasteiger partial charge is 0.344 e. The summed E-state index contributed by atoms with van der Waals surface area (Å²) in [5.74, 6) is -1.11. The van der Waals surface area contributed by atoms with Gasteiger partial charge in [-0.2, -0.15) is 0 Å². The molecule has 0 saturated carbocycles. The predicted octanol–water partition coefficient (Wildman–Crippen LogP) is 2.90. The Morgan fingerprint density at radius 2 is 1.75 bits per heavy atom. The van der Waals surface area contributed by atoms with Crippen molar-refractivity contribution in [3.8, 4) is 0 Å². The Morgan fingerprint density at radius 3 is 2.06 bits per heavy atom. The zero-order valence-corrected chi connectivity index (χ0v) is 11.0. The van der Waals surface area contributed by atoms with Crippen molar-refractivity contribution in [2.45, 2.75) is 45.7 Å². The molecule has 0 aromatic heterocycles. The third-order valence-electron chi connectivity index (χ3n) is 2.12. The number of hydrogen-bond acceptors (Lipinski definition) is 4. The lowest BCUT2D eigenvalue weighted by Gasteiger charge is -2.23. The molecule has 1 atom stereocenters. The number of unbranched alkanes of at least 4 members (excludes halogenated alkanes) is 1. The number of carbonyl (C=O) groups is 1. The Kier molecular flexibility index (Phi) is 7.64. The number of hydrogen-bond donors (Lipinski definition) is 1. The molecule has 0 aromatic rings. The van der Waals surface area contributed by atoms with E-state index in [0.717, 1.165) is 6.42 Å². The molecule has 1 unspecified atom stereocenters. The molecule has 5 nitrogen and oxygen atoms in total. The third kappa shape index (κ3) is 4.64. The highest BCUT2D eigenvalue weighted by atomic mass is 31.2. The van der Waals surface area contributed by atoms with Crippen LogP contribution in [0.4, 0.5) is 0 Å². The molecule has 0 aliphatic heterocycles. The summed E-state index contributed by atoms with van der Waals surface area (Å²) >= 11 is 0. The van der Waals surface area contributed by atoms with Gasteiger partial charge in [-0.05, 0) is 20.3 Å². The van der Waals surface area contributed by atoms with Gasteiger partial charge in [0, 0.05) is 0 Å². The van der Waals surface area contributed by atoms with E-state index in [0.29, 0.717) is 12.8 Å². The van der Waals surface area contributed by atoms with E-state index >= 15 is 0 Å². The van der Waals surface area contributed by atoms with E-state index in [1.807, 2.05) is 6.92 Å². The molecule has 0 aliphatic carbocycles. The predicted molar refractivity (Wildman–Crippen MR) is 61.8 cm³/mol. The molecular weight excluding hydrogens is 231 g/mol. The summed E-state index contributed by atoms with van der Waals surface area (Å²) in [4.78, 5) is 11.1. The van der Waals surface area contributed by atoms with Gasteiger partial charge in [-0.15, -0.1) is 0 Å². The van der Waals surface area contributed by atoms with Crippen LogP contribution in [0.2, 0.25) is 0 Å². The molecule has 6 heteroatoms. The molecule has 0 fully saturated rings. The molecule has 0 saturated heterocycles. The SMILES string of the molecule is CCCCC(C(=O)O)P(=O)(OCC)OCC. The zero-order valence-electron chi connectivity index (χ0n) is 10.1. The van der Waals surface area contributed by atoms with Crippen LogP contribution in [0.3, 0.4) is 0 Å². The lowest BCUT2D eigenvalue weighted by atomic mass is 10.2. The first kappa shape index (κ1) is 15.6. The van der Waals surface area contributed by atoms with Gasteiger partial charge in [0.25, 0.3) is 0 Å². The number of carboxylic acid groups (broad SMARTS) is 1. The van der Waals surface area contributed by atoms with Crippen LogP contribution in [-0.4, -0.2) is 29.9 Å². The van der Waals surface area contributed by atoms with Crippen molar-refractivity contribution in [2.24, 2.45) is 0 Å². The summed E-state index contributed by atoms with van der Waals surface area (Å²) in [5, 5.41) is 9.06. The van der Waals surface area contributed by atoms with Crippen molar-refractivity contribution in [1.29, 1.82) is 0 Å². The first-order valence-electron chi connectivity index (χ1n) is 5.63. The fourth-order valence-corrected chi connectivity index (χ4v) is 3.31. The fourth-order valence-electron chi connectivity index (χ4n) is 1.39. The first-order valence-corrected chi connectivity index (χ1v) is 7.24. The minimum atomic E-state index is -3.51. The van der Waals surface area contributed by atoms with Gasteiger partial charge < -0.3 is 14.2 Å². The molecule has 1 N–H and O–H groups in total. The normalized spacial score (nSPS) is 13.7. The molecule has 0 aliphatic rings. The monoisotopic (exact) mass is 252 g/mol. The average Bonchev–Trinajstić information content (AvgIpc) is 2.18. The van der Waals surface area contributed by atoms with Crippen LogP contribution in [0.25, 0.3) is 0 Å². The highest BCUT2D eigenvalue weighted by Gasteiger charge is 2.40. The van der Waals surface area contributed by atoms with Gasteiger partial charge in [0.1, 0.15) is 0 Å². The summed E-state index contributed by atoms with van der Waals surface area (Å²) in [6, 6.07) is 0. The van der Waals surface area contributed by atoms with Crippen LogP contribution in [0.1, 0.15) is 40.0 Å². The van der Waals surface area contributed by atoms with Crippen LogP contribution in [0, 0.1) is 0 Å². The molecule has 0 amide bonds. The average molecular weight is 252 g/mol. The van der Waals surface area contributed by atoms with Gasteiger partial charge in [-0.25, -0.2) is 0 Å². The molecule has 0 rings (SSSR count). The minimum Gasteiger partial charge on any atom is -0.481 e. The number of aliphatic carboxylic acids is 1. The molecule has 0 heterocycles. The number of carboxylic acids is 1. The van der Waals surface area contributed by atoms with Gasteiger partial charge in [0.15, 0.2) is 5.66 Å². The Hall–Kier alpha value is -0.380. The molecule has 0 aromatic carbocycles. The minimum absolute atomic E-state index is 0.188. The van der Waals surface area contributed by atoms with Crippen molar-refractivity contribution in [3.05, 3.63) is 0 Å². The van der Waals surface area contributed by atoms with E-state index in [2.05, 4.69) is 0 Å². The lowest BCUT2D eigenvalue weighted by Crippen LogP contribution is -2.23. The van der Waals surface area contributed by atoms with E-state index in [1.165, 1.54) is 0 Å². The molecule has 0 radical (unpaired) electrons. The van der Waals surface area contributed by atoms with Crippen molar-refractivity contribution < 1.29 is 23.5 Å². The van der Waals surface area contributed by atoms with Crippen LogP contribution in [-0.2, 0) is 18.4 Å². The van der Waals surface area contributed by atoms with Gasteiger partial charge in [-0.3, -0.25) is 9.36 Å². The molecule has 16 heavy (non-hydrogen) atoms. The second kappa shape index (κ2) is 7.82. The standard InChI is InChI=1S/C10H21O5P/c1-4-7-8-9(10(11)12)16(13,14-5-2)15-6-3/h9H,4-8H2,1-3H3,(H,11,12). The van der Waals surface area contributed by atoms with Crippen LogP contribution < -0.4 is 0 Å². The lowest BCUT2D eigenvalue weighted by molar-refractivity contribution is -0.137. The Balaban J connectivity index is 4.78. The van der Waals surface area contributed by atoms with Crippen molar-refractivity contribution >= 4 is 13.6 Å². The molecular formula is C10H21O5P. The van der Waals surface area contributed by atoms with E-state index in [1.54, 1.807) is 13.8 Å². The second-order valence-electron chi connectivity index (χ2n) is 3.37. The van der Waals surface area contributed by atoms with Crippen molar-refractivity contribution in [1.82, 2.24) is 0 Å². The van der Waals surface area contributed by atoms with Crippen molar-refractivity contribution in [2.75, 3.05) is 13.2 Å². The van der Waals surface area contributed by atoms with Gasteiger partial charge in [-0.1, -0.05) is 19.8 Å². The molecule has 96 valence electrons. The highest BCUT2D eigenvalue weighted by Crippen LogP contribution is 2.54. The first-order chi connectivity index (χ1) is 7.51. The van der Waals surface area contributed by atoms with E-state index in [4.69, 9.17) is 14.2 Å². The van der Waals surface area contributed by atoms with E-state index < -0.39 is 19.2 Å². The summed E-state index contributed by atoms with van der Waals surface area (Å²) < 4.78 is 22.3. The summed E-state index contributed by atoms with van der Waals surface area (Å²) in [6.45, 7) is 5.67. The molecule has 0 spiro atoms. The zero-order chi connectivity index (χ0) is 12.6. The van der Waals surface area contributed by atoms with Gasteiger partial charge in [0.05, 0.1) is 13.2 Å². The topological polar surface area (TPSA) is 72.8 Å². The Bertz CT molecular complexity index is 244. The summed E-state index contributed by atoms with van der Waals surface area (Å²) in [6.07, 6.45) is 1.87. The maximum absolute atomic E-state index is 12.2. The Morgan fingerprint density at radius 1 is 1.25 bits per heavy atom. The van der Waals surface area contributed by atoms with Gasteiger partial charge >= 0.3 is 13.6 Å². The van der Waals surface area contributed by atoms with E-state index in [-0.39, 0.29) is 13.2 Å². The second-order valence-corrected chi connectivity index (χ2v) is 5.59. The molecule has 0 bridgehead atoms. The van der Waals surface area contributed by atoms with Crippen LogP contribution in [0.15, 0.2) is 0 Å². The van der Waals surface area contributed by atoms with E-state index in [9.17, 15) is 9.36 Å². The number of rotatable bonds is 9. The van der Waals surface area contributed by atoms with Crippen LogP contribution >= 0.6 is 7.60 Å². The third-order valence-corrected chi connectivity index (χ3v) is 4.59.